The van der Waals surface area contributed by atoms with E-state index in [1.165, 1.54) is 24.3 Å². The van der Waals surface area contributed by atoms with Crippen LogP contribution in [0.1, 0.15) is 37.4 Å². The highest BCUT2D eigenvalue weighted by molar-refractivity contribution is 5.76. The molecule has 1 amide bonds. The molecule has 4 N–H and O–H groups in total. The number of aliphatic carboxylic acids is 1. The first kappa shape index (κ1) is 19.5. The maximum Gasteiger partial charge on any atom is 0.303 e. The molecule has 0 unspecified atom stereocenters. The summed E-state index contributed by atoms with van der Waals surface area (Å²) in [7, 11) is 0. The Labute approximate surface area is 138 Å². The predicted molar refractivity (Wildman–Crippen MR) is 83.2 cm³/mol. The quantitative estimate of drug-likeness (QED) is 0.279. The molecule has 0 fully saturated rings. The average Bonchev–Trinajstić information content (AvgIpc) is 2.55. The van der Waals surface area contributed by atoms with Gasteiger partial charge in [0.15, 0.2) is 0 Å². The molecule has 0 aliphatic heterocycles. The second kappa shape index (κ2) is 9.58. The van der Waals surface area contributed by atoms with Gasteiger partial charge in [0.05, 0.1) is 17.6 Å². The number of nitrogens with zero attached hydrogens (tertiary/aromatic N) is 1. The topological polar surface area (TPSA) is 150 Å². The van der Waals surface area contributed by atoms with E-state index in [2.05, 4.69) is 5.32 Å². The van der Waals surface area contributed by atoms with Crippen molar-refractivity contribution >= 4 is 17.6 Å². The zero-order valence-corrected chi connectivity index (χ0v) is 12.9. The van der Waals surface area contributed by atoms with E-state index in [0.29, 0.717) is 18.4 Å². The van der Waals surface area contributed by atoms with E-state index >= 15 is 0 Å². The fourth-order valence-electron chi connectivity index (χ4n) is 2.09. The molecular weight excluding hydrogens is 320 g/mol. The van der Waals surface area contributed by atoms with Crippen LogP contribution in [0.25, 0.3) is 0 Å². The normalized spacial score (nSPS) is 13.1. The number of carboxylic acids is 1. The molecule has 1 rings (SSSR count). The summed E-state index contributed by atoms with van der Waals surface area (Å²) in [6.45, 7) is -0.515. The molecule has 0 saturated carbocycles. The largest absolute Gasteiger partial charge is 0.481 e. The molecular formula is C15H20N2O7. The SMILES string of the molecule is O=C(O)CCCCC(=O)N[C@H](CO)[C@H](O)c1ccc([N+](=O)[O-])cc1. The molecule has 2 atom stereocenters. The molecule has 0 saturated heterocycles. The number of carbonyl (C=O) groups is 2. The molecule has 24 heavy (non-hydrogen) atoms. The van der Waals surface area contributed by atoms with E-state index < -0.39 is 35.6 Å². The molecule has 9 nitrogen and oxygen atoms in total. The third-order valence-electron chi connectivity index (χ3n) is 3.41. The number of non-ortho nitro benzene ring substituents is 1. The van der Waals surface area contributed by atoms with Crippen LogP contribution in [-0.2, 0) is 9.59 Å². The van der Waals surface area contributed by atoms with Gasteiger partial charge in [-0.2, -0.15) is 0 Å². The maximum absolute atomic E-state index is 11.8. The predicted octanol–water partition coefficient (Wildman–Crippen LogP) is 0.750. The summed E-state index contributed by atoms with van der Waals surface area (Å²) in [6, 6.07) is 4.19. The number of unbranched alkanes of at least 4 members (excludes halogenated alkanes) is 1. The Bertz CT molecular complexity index is 574. The number of rotatable bonds is 10. The van der Waals surface area contributed by atoms with Crippen LogP contribution < -0.4 is 5.32 Å². The minimum absolute atomic E-state index is 0.0257. The smallest absolute Gasteiger partial charge is 0.303 e. The van der Waals surface area contributed by atoms with E-state index in [1.807, 2.05) is 0 Å². The molecule has 0 aliphatic rings. The first-order chi connectivity index (χ1) is 11.3. The average molecular weight is 340 g/mol. The summed E-state index contributed by atoms with van der Waals surface area (Å²) >= 11 is 0. The highest BCUT2D eigenvalue weighted by atomic mass is 16.6. The number of benzene rings is 1. The van der Waals surface area contributed by atoms with Gasteiger partial charge in [-0.15, -0.1) is 0 Å². The van der Waals surface area contributed by atoms with E-state index in [9.17, 15) is 29.9 Å². The van der Waals surface area contributed by atoms with Crippen molar-refractivity contribution in [3.05, 3.63) is 39.9 Å². The first-order valence-electron chi connectivity index (χ1n) is 7.39. The third-order valence-corrected chi connectivity index (χ3v) is 3.41. The van der Waals surface area contributed by atoms with Crippen LogP contribution in [0.15, 0.2) is 24.3 Å². The van der Waals surface area contributed by atoms with Crippen molar-refractivity contribution < 1.29 is 29.8 Å². The lowest BCUT2D eigenvalue weighted by Crippen LogP contribution is -2.41. The highest BCUT2D eigenvalue weighted by Gasteiger charge is 2.22. The molecule has 1 aromatic carbocycles. The van der Waals surface area contributed by atoms with E-state index in [-0.39, 0.29) is 18.5 Å². The summed E-state index contributed by atoms with van der Waals surface area (Å²) in [5, 5.41) is 41.1. The Morgan fingerprint density at radius 1 is 1.17 bits per heavy atom. The minimum Gasteiger partial charge on any atom is -0.481 e. The molecule has 0 bridgehead atoms. The van der Waals surface area contributed by atoms with Gasteiger partial charge in [-0.05, 0) is 30.5 Å². The lowest BCUT2D eigenvalue weighted by atomic mass is 10.0. The number of aliphatic hydroxyl groups excluding tert-OH is 2. The Morgan fingerprint density at radius 2 is 1.75 bits per heavy atom. The Kier molecular flexibility index (Phi) is 7.80. The van der Waals surface area contributed by atoms with Crippen molar-refractivity contribution in [3.63, 3.8) is 0 Å². The van der Waals surface area contributed by atoms with Crippen molar-refractivity contribution in [3.8, 4) is 0 Å². The number of carbonyl (C=O) groups excluding carboxylic acids is 1. The molecule has 0 spiro atoms. The number of amides is 1. The van der Waals surface area contributed by atoms with Gasteiger partial charge in [-0.25, -0.2) is 0 Å². The van der Waals surface area contributed by atoms with Gasteiger partial charge >= 0.3 is 5.97 Å². The molecule has 1 aromatic rings. The van der Waals surface area contributed by atoms with Crippen molar-refractivity contribution in [1.82, 2.24) is 5.32 Å². The molecule has 132 valence electrons. The number of carboxylic acid groups (broad SMARTS) is 1. The number of hydrogen-bond donors (Lipinski definition) is 4. The maximum atomic E-state index is 11.8. The third kappa shape index (κ3) is 6.31. The molecule has 0 aromatic heterocycles. The van der Waals surface area contributed by atoms with Crippen LogP contribution in [0.5, 0.6) is 0 Å². The van der Waals surface area contributed by atoms with Crippen LogP contribution in [-0.4, -0.2) is 44.8 Å². The van der Waals surface area contributed by atoms with Gasteiger partial charge < -0.3 is 20.6 Å². The minimum atomic E-state index is -1.22. The Morgan fingerprint density at radius 3 is 2.25 bits per heavy atom. The van der Waals surface area contributed by atoms with Gasteiger partial charge in [0, 0.05) is 25.0 Å². The van der Waals surface area contributed by atoms with Gasteiger partial charge in [-0.1, -0.05) is 0 Å². The summed E-state index contributed by atoms with van der Waals surface area (Å²) in [4.78, 5) is 32.2. The fourth-order valence-corrected chi connectivity index (χ4v) is 2.09. The molecule has 0 aliphatic carbocycles. The lowest BCUT2D eigenvalue weighted by Gasteiger charge is -2.22. The van der Waals surface area contributed by atoms with Crippen LogP contribution in [0.3, 0.4) is 0 Å². The standard InChI is InChI=1S/C15H20N2O7/c18-9-12(16-13(19)3-1-2-4-14(20)21)15(22)10-5-7-11(8-6-10)17(23)24/h5-8,12,15,18,22H,1-4,9H2,(H,16,19)(H,20,21)/t12-,15-/m1/s1. The summed E-state index contributed by atoms with van der Waals surface area (Å²) in [5.41, 5.74) is 0.194. The number of nitro groups is 1. The highest BCUT2D eigenvalue weighted by Crippen LogP contribution is 2.20. The van der Waals surface area contributed by atoms with Crippen molar-refractivity contribution in [2.24, 2.45) is 0 Å². The lowest BCUT2D eigenvalue weighted by molar-refractivity contribution is -0.384. The van der Waals surface area contributed by atoms with Crippen LogP contribution in [0, 0.1) is 10.1 Å². The van der Waals surface area contributed by atoms with Crippen LogP contribution in [0.2, 0.25) is 0 Å². The zero-order valence-electron chi connectivity index (χ0n) is 12.9. The van der Waals surface area contributed by atoms with Crippen molar-refractivity contribution in [2.75, 3.05) is 6.61 Å². The fraction of sp³-hybridized carbons (Fsp3) is 0.467. The van der Waals surface area contributed by atoms with Crippen molar-refractivity contribution in [1.29, 1.82) is 0 Å². The van der Waals surface area contributed by atoms with E-state index in [0.717, 1.165) is 0 Å². The number of nitrogens with one attached hydrogen (secondary N) is 1. The first-order valence-corrected chi connectivity index (χ1v) is 7.39. The van der Waals surface area contributed by atoms with Gasteiger partial charge in [0.2, 0.25) is 5.91 Å². The Balaban J connectivity index is 2.56. The second-order valence-electron chi connectivity index (χ2n) is 5.25. The summed E-state index contributed by atoms with van der Waals surface area (Å²) in [5.74, 6) is -1.35. The van der Waals surface area contributed by atoms with Gasteiger partial charge in [0.1, 0.15) is 6.10 Å². The van der Waals surface area contributed by atoms with E-state index in [4.69, 9.17) is 5.11 Å². The molecule has 0 radical (unpaired) electrons. The van der Waals surface area contributed by atoms with Crippen LogP contribution >= 0.6 is 0 Å². The van der Waals surface area contributed by atoms with Crippen molar-refractivity contribution in [2.45, 2.75) is 37.8 Å². The number of hydrogen-bond acceptors (Lipinski definition) is 6. The second-order valence-corrected chi connectivity index (χ2v) is 5.25. The monoisotopic (exact) mass is 340 g/mol. The molecule has 9 heteroatoms. The number of nitro benzene ring substituents is 1. The number of aliphatic hydroxyl groups is 2. The van der Waals surface area contributed by atoms with Gasteiger partial charge in [0.25, 0.3) is 5.69 Å². The summed E-state index contributed by atoms with van der Waals surface area (Å²) in [6.07, 6.45) is -0.431. The van der Waals surface area contributed by atoms with Gasteiger partial charge in [-0.3, -0.25) is 19.7 Å². The Hall–Kier alpha value is -2.52. The van der Waals surface area contributed by atoms with E-state index in [1.54, 1.807) is 0 Å². The zero-order chi connectivity index (χ0) is 18.1. The van der Waals surface area contributed by atoms with Crippen LogP contribution in [0.4, 0.5) is 5.69 Å². The summed E-state index contributed by atoms with van der Waals surface area (Å²) < 4.78 is 0. The molecule has 0 heterocycles.